The monoisotopic (exact) mass is 1950 g/mol. The van der Waals surface area contributed by atoms with Crippen LogP contribution in [0.4, 0.5) is 0 Å². The van der Waals surface area contributed by atoms with E-state index in [4.69, 9.17) is 98.2 Å². The summed E-state index contributed by atoms with van der Waals surface area (Å²) in [4.78, 5) is 145. The summed E-state index contributed by atoms with van der Waals surface area (Å²) in [6, 6.07) is 24.4. The Kier molecular flexibility index (Phi) is 41.7. The highest BCUT2D eigenvalue weighted by Gasteiger charge is 2.77. The Morgan fingerprint density at radius 1 is 0.661 bits per heavy atom. The molecule has 3 aromatic rings. The Morgan fingerprint density at radius 3 is 1.56 bits per heavy atom. The van der Waals surface area contributed by atoms with Gasteiger partial charge in [0.05, 0.1) is 86.0 Å². The molecule has 3 aromatic carbocycles. The highest BCUT2D eigenvalue weighted by Crippen LogP contribution is 2.55. The summed E-state index contributed by atoms with van der Waals surface area (Å²) in [6.45, 7) is 52.8. The molecule has 35 nitrogen and oxygen atoms in total. The number of carbonyl (C=O) groups excluding carboxylic acids is 9. The van der Waals surface area contributed by atoms with Crippen molar-refractivity contribution in [1.82, 2.24) is 25.3 Å². The van der Waals surface area contributed by atoms with E-state index in [-0.39, 0.29) is 88.1 Å². The number of nitrogens with one attached hydrogen (secondary N) is 2. The van der Waals surface area contributed by atoms with Crippen LogP contribution in [0.1, 0.15) is 132 Å². The van der Waals surface area contributed by atoms with Crippen molar-refractivity contribution < 1.29 is 137 Å². The second-order valence-electron chi connectivity index (χ2n) is 37.7. The average molecular weight is 1950 g/mol. The lowest BCUT2D eigenvalue weighted by Gasteiger charge is -2.46. The number of cyclic esters (lactones) is 3. The number of carboxylic acid groups (broad SMARTS) is 1. The first kappa shape index (κ1) is 113. The van der Waals surface area contributed by atoms with Crippen LogP contribution in [0.5, 0.6) is 17.2 Å². The third kappa shape index (κ3) is 28.2. The number of carboxylic acids is 1. The van der Waals surface area contributed by atoms with Crippen molar-refractivity contribution in [2.75, 3.05) is 51.6 Å². The van der Waals surface area contributed by atoms with E-state index in [0.717, 1.165) is 36.1 Å². The number of halogens is 2. The largest absolute Gasteiger partial charge is 0.479 e. The minimum atomic E-state index is -2.52. The lowest BCUT2D eigenvalue weighted by atomic mass is 9.79. The number of aliphatic hydroxyl groups is 3. The van der Waals surface area contributed by atoms with Gasteiger partial charge in [0.2, 0.25) is 23.6 Å². The van der Waals surface area contributed by atoms with Crippen molar-refractivity contribution in [1.29, 1.82) is 0 Å². The molecule has 9 rings (SSSR count). The number of nitrogens with zero attached hydrogens (tertiary/aromatic N) is 5. The van der Waals surface area contributed by atoms with Crippen molar-refractivity contribution in [3.63, 3.8) is 0 Å². The van der Waals surface area contributed by atoms with Crippen LogP contribution in [0.15, 0.2) is 91.0 Å². The van der Waals surface area contributed by atoms with Crippen molar-refractivity contribution in [2.24, 2.45) is 17.8 Å². The van der Waals surface area contributed by atoms with Crippen molar-refractivity contribution in [2.45, 2.75) is 274 Å². The Hall–Kier alpha value is -6.76. The molecule has 6 saturated heterocycles. The van der Waals surface area contributed by atoms with Gasteiger partial charge in [-0.2, -0.15) is 4.79 Å². The normalized spacial score (nSPS) is 23.6. The second kappa shape index (κ2) is 47.0. The zero-order chi connectivity index (χ0) is 96.9. The highest BCUT2D eigenvalue weighted by molar-refractivity contribution is 7.97. The van der Waals surface area contributed by atoms with Gasteiger partial charge < -0.3 is 87.9 Å². The van der Waals surface area contributed by atoms with Gasteiger partial charge in [-0.05, 0) is 128 Å². The minimum absolute atomic E-state index is 0.00382. The van der Waals surface area contributed by atoms with Gasteiger partial charge in [0, 0.05) is 6.92 Å². The molecule has 44 heteroatoms. The van der Waals surface area contributed by atoms with Gasteiger partial charge in [-0.3, -0.25) is 38.7 Å². The molecule has 0 aromatic heterocycles. The number of para-hydroxylation sites is 3. The van der Waals surface area contributed by atoms with Crippen molar-refractivity contribution in [3.8, 4) is 17.2 Å². The fraction of sp³-hybridized carbons (Fsp3) is 0.651. The van der Waals surface area contributed by atoms with Gasteiger partial charge in [0.1, 0.15) is 34.0 Å². The fourth-order valence-corrected chi connectivity index (χ4v) is 18.7. The minimum Gasteiger partial charge on any atom is -0.479 e. The topological polar surface area (TPSA) is 451 Å². The Labute approximate surface area is 772 Å². The zero-order valence-corrected chi connectivity index (χ0v) is 85.8. The SMILES string of the molecule is CC(=[N+]=[N-])C(=O)N1COC(=O)[C@@H]1CO[Si](C)(C)C(C)(C)C.CC(C)(C)[Si](C)(C)O[C@@H]1[C@H]2C(=O)OCN2C(=O)[C@@H]1SOOc1ccccc1.CC(C)[C@H](O)C1(C(=O)O)NC(=O)[C@H](C)[C@@H]1O.CC(C)[C@H](O)C12C(=O)OCN1C(=O)[C@](C)(SOOc1ccccc1)[C@@H]2O[Si](C)(C)C(C)(C)C.COC(=O)[C@H](CO[Si](C)(C)C(C)(C)C)NC(=O)CSOOc1ccccc1.ClCCl. The third-order valence-electron chi connectivity index (χ3n) is 24.0. The number of alkyl halides is 2. The maximum absolute atomic E-state index is 13.7. The summed E-state index contributed by atoms with van der Waals surface area (Å²) in [5.41, 5.74) is 4.92. The van der Waals surface area contributed by atoms with E-state index in [0.29, 0.717) is 17.2 Å². The first-order valence-corrected chi connectivity index (χ1v) is 56.2. The van der Waals surface area contributed by atoms with E-state index >= 15 is 0 Å². The maximum Gasteiger partial charge on any atom is 0.353 e. The fourth-order valence-electron chi connectivity index (χ4n) is 12.0. The highest BCUT2D eigenvalue weighted by atomic mass is 35.5. The molecule has 0 aliphatic carbocycles. The summed E-state index contributed by atoms with van der Waals surface area (Å²) in [6.07, 6.45) is -5.62. The van der Waals surface area contributed by atoms with Crippen LogP contribution >= 0.6 is 59.3 Å². The Balaban J connectivity index is 0.000000336. The number of ether oxygens (including phenoxy) is 4. The van der Waals surface area contributed by atoms with Crippen LogP contribution in [0.25, 0.3) is 5.53 Å². The molecule has 2 unspecified atom stereocenters. The number of methoxy groups -OCH3 is 1. The van der Waals surface area contributed by atoms with Gasteiger partial charge in [0.15, 0.2) is 93.9 Å². The summed E-state index contributed by atoms with van der Waals surface area (Å²) < 4.78 is 59.6. The van der Waals surface area contributed by atoms with Gasteiger partial charge >= 0.3 is 41.5 Å². The summed E-state index contributed by atoms with van der Waals surface area (Å²) >= 11 is 12.0. The number of aliphatic hydroxyl groups excluding tert-OH is 3. The van der Waals surface area contributed by atoms with E-state index in [2.05, 4.69) is 138 Å². The molecule has 0 radical (unpaired) electrons. The lowest BCUT2D eigenvalue weighted by Crippen LogP contribution is -2.66. The van der Waals surface area contributed by atoms with Crippen LogP contribution in [0, 0.1) is 17.8 Å². The molecule has 6 heterocycles. The first-order valence-electron chi connectivity index (χ1n) is 41.0. The number of benzene rings is 3. The van der Waals surface area contributed by atoms with Crippen molar-refractivity contribution >= 4 is 158 Å². The second-order valence-corrected chi connectivity index (χ2v) is 60.2. The molecule has 6 fully saturated rings. The third-order valence-corrected chi connectivity index (χ3v) is 44.1. The van der Waals surface area contributed by atoms with E-state index in [1.807, 2.05) is 43.4 Å². The summed E-state index contributed by atoms with van der Waals surface area (Å²) in [7, 11) is -7.55. The van der Waals surface area contributed by atoms with Gasteiger partial charge in [-0.25, -0.2) is 24.0 Å². The van der Waals surface area contributed by atoms with Gasteiger partial charge in [0.25, 0.3) is 0 Å². The van der Waals surface area contributed by atoms with Crippen LogP contribution < -0.4 is 25.3 Å². The molecule has 5 amide bonds. The van der Waals surface area contributed by atoms with Crippen LogP contribution in [-0.4, -0.2) is 260 Å². The smallest absolute Gasteiger partial charge is 0.353 e. The number of esters is 4. The van der Waals surface area contributed by atoms with E-state index in [9.17, 15) is 63.3 Å². The zero-order valence-electron chi connectivity index (χ0n) is 77.8. The summed E-state index contributed by atoms with van der Waals surface area (Å²) in [5, 5.41) is 44.3. The molecule has 0 spiro atoms. The predicted octanol–water partition coefficient (Wildman–Crippen LogP) is 12.1. The van der Waals surface area contributed by atoms with Crippen LogP contribution in [0.2, 0.25) is 72.5 Å². The number of fused-ring (bicyclic) bond motifs is 2. The molecular formula is C83H131Cl2N7O28S3Si4. The number of amides is 5. The van der Waals surface area contributed by atoms with E-state index in [1.54, 1.807) is 95.3 Å². The number of aliphatic carboxylic acids is 1. The molecule has 127 heavy (non-hydrogen) atoms. The molecule has 0 saturated carbocycles. The van der Waals surface area contributed by atoms with Crippen LogP contribution in [0.3, 0.4) is 0 Å². The quantitative estimate of drug-likeness (QED) is 0.00298. The molecule has 714 valence electrons. The molecule has 6 aliphatic rings. The number of rotatable bonds is 31. The standard InChI is InChI=1S/C23H35NO7SSi.C18H25NO6SSi.C18H29NO6SSi.C13H23N3O4Si.C10H17NO5.CH2Cl2/c1-15(2)17(25)23-18(30-33(7,8)21(3,4)5)22(6,19(26)24(23)14-28-20(23)27)32-31-29-16-12-10-9-11-13-16;1-18(2,3)27(4,5)24-14-13-17(21)22-11-19(13)16(20)15(14)26-25-23-12-9-7-6-8-10-12;1-18(2,3)27(5,6)23-12-15(17(21)22-4)19-16(20)13-26-25-24-14-10-8-7-9-11-14;1-9(15-14)11(17)16-8-19-12(18)10(16)7-20-21(5,6)13(2,3)4;1-4(2)6(12)10(9(15)16)7(13)5(3)8(14)11-10;2-1-3/h9-13,15,17-18,25H,14H2,1-8H3;6-10,13-15H,11H2,1-5H3;7-11,15H,12-13H2,1-6H3,(H,19,20);10H,7-8H2,1-6H3;4-7,12-13H,1-3H3,(H,11,14)(H,15,16);1H2/t17-,18-,22+,23?;13-,14+,15+;15-;10-;5-,6+,7+,10?;/m00001./s1. The Bertz CT molecular complexity index is 4250. The first-order chi connectivity index (χ1) is 58.5. The molecule has 13 atom stereocenters. The molecular weight excluding hydrogens is 1820 g/mol. The maximum atomic E-state index is 13.7. The van der Waals surface area contributed by atoms with E-state index in [1.165, 1.54) is 35.7 Å². The molecule has 0 bridgehead atoms. The number of hydrogen-bond acceptors (Lipinski definition) is 30. The Morgan fingerprint density at radius 2 is 1.12 bits per heavy atom. The molecule has 6 N–H and O–H groups in total. The van der Waals surface area contributed by atoms with Gasteiger partial charge in [-0.1, -0.05) is 172 Å². The van der Waals surface area contributed by atoms with Gasteiger partial charge in [-0.15, -0.1) is 36.2 Å². The lowest BCUT2D eigenvalue weighted by molar-refractivity contribution is -0.159. The average Bonchev–Trinajstić information content (AvgIpc) is 1.52. The van der Waals surface area contributed by atoms with Crippen molar-refractivity contribution in [3.05, 3.63) is 96.5 Å². The van der Waals surface area contributed by atoms with Crippen LogP contribution in [-0.2, 0) is 97.6 Å². The number of hydrogen-bond donors (Lipinski definition) is 6. The molecule has 6 aliphatic heterocycles. The number of carbonyl (C=O) groups is 10. The predicted molar refractivity (Wildman–Crippen MR) is 489 cm³/mol. The van der Waals surface area contributed by atoms with E-state index < -0.39 is 162 Å². The summed E-state index contributed by atoms with van der Waals surface area (Å²) in [5.74, 6) is -5.75.